The SMILES string of the molecule is CS(=O)(=O)NCC1CCC(C(=O)Nc2cccc3nsnc23)CC1. The number of aromatic nitrogens is 2. The third-order valence-electron chi connectivity index (χ3n) is 4.40. The van der Waals surface area contributed by atoms with Crippen molar-refractivity contribution in [1.29, 1.82) is 0 Å². The van der Waals surface area contributed by atoms with Gasteiger partial charge in [0.15, 0.2) is 0 Å². The van der Waals surface area contributed by atoms with Crippen molar-refractivity contribution in [3.63, 3.8) is 0 Å². The summed E-state index contributed by atoms with van der Waals surface area (Å²) in [5.41, 5.74) is 2.21. The number of anilines is 1. The number of hydrogen-bond donors (Lipinski definition) is 2. The van der Waals surface area contributed by atoms with Gasteiger partial charge in [-0.1, -0.05) is 6.07 Å². The molecule has 1 aliphatic carbocycles. The summed E-state index contributed by atoms with van der Waals surface area (Å²) in [5, 5.41) is 2.97. The first-order valence-corrected chi connectivity index (χ1v) is 10.5. The van der Waals surface area contributed by atoms with E-state index in [1.807, 2.05) is 18.2 Å². The summed E-state index contributed by atoms with van der Waals surface area (Å²) in [6, 6.07) is 5.56. The van der Waals surface area contributed by atoms with Gasteiger partial charge in [0.1, 0.15) is 11.0 Å². The molecule has 0 bridgehead atoms. The van der Waals surface area contributed by atoms with E-state index >= 15 is 0 Å². The van der Waals surface area contributed by atoms with Gasteiger partial charge in [-0.15, -0.1) is 0 Å². The van der Waals surface area contributed by atoms with Gasteiger partial charge in [0.2, 0.25) is 15.9 Å². The average molecular weight is 368 g/mol. The van der Waals surface area contributed by atoms with Gasteiger partial charge in [0.25, 0.3) is 0 Å². The zero-order valence-corrected chi connectivity index (χ0v) is 15.0. The molecule has 7 nitrogen and oxygen atoms in total. The normalized spacial score (nSPS) is 21.7. The Morgan fingerprint density at radius 3 is 2.71 bits per heavy atom. The lowest BCUT2D eigenvalue weighted by molar-refractivity contribution is -0.121. The minimum absolute atomic E-state index is 0.00465. The molecular formula is C15H20N4O3S2. The average Bonchev–Trinajstić information content (AvgIpc) is 3.02. The first-order valence-electron chi connectivity index (χ1n) is 7.89. The van der Waals surface area contributed by atoms with Crippen molar-refractivity contribution in [3.8, 4) is 0 Å². The molecular weight excluding hydrogens is 348 g/mol. The van der Waals surface area contributed by atoms with Crippen LogP contribution in [0.2, 0.25) is 0 Å². The summed E-state index contributed by atoms with van der Waals surface area (Å²) in [7, 11) is -3.15. The van der Waals surface area contributed by atoms with Crippen LogP contribution in [0.15, 0.2) is 18.2 Å². The van der Waals surface area contributed by atoms with Crippen molar-refractivity contribution in [2.45, 2.75) is 25.7 Å². The minimum atomic E-state index is -3.15. The second-order valence-corrected chi connectivity index (χ2v) is 8.63. The Balaban J connectivity index is 1.55. The van der Waals surface area contributed by atoms with E-state index in [0.29, 0.717) is 18.2 Å². The van der Waals surface area contributed by atoms with Crippen LogP contribution in [0.25, 0.3) is 11.0 Å². The van der Waals surface area contributed by atoms with Gasteiger partial charge < -0.3 is 5.32 Å². The summed E-state index contributed by atoms with van der Waals surface area (Å²) in [6.45, 7) is 0.455. The molecule has 0 saturated heterocycles. The van der Waals surface area contributed by atoms with E-state index in [0.717, 1.165) is 48.4 Å². The standard InChI is InChI=1S/C15H20N4O3S2/c1-24(21,22)16-9-10-5-7-11(8-6-10)15(20)17-12-3-2-4-13-14(12)19-23-18-13/h2-4,10-11,16H,5-9H2,1H3,(H,17,20). The molecule has 0 atom stereocenters. The number of amides is 1. The molecule has 0 spiro atoms. The highest BCUT2D eigenvalue weighted by Gasteiger charge is 2.27. The third-order valence-corrected chi connectivity index (χ3v) is 5.63. The summed E-state index contributed by atoms with van der Waals surface area (Å²) in [6.07, 6.45) is 4.41. The van der Waals surface area contributed by atoms with Crippen molar-refractivity contribution >= 4 is 44.4 Å². The van der Waals surface area contributed by atoms with Gasteiger partial charge in [-0.3, -0.25) is 4.79 Å². The van der Waals surface area contributed by atoms with Gasteiger partial charge in [-0.25, -0.2) is 13.1 Å². The van der Waals surface area contributed by atoms with Gasteiger partial charge >= 0.3 is 0 Å². The first kappa shape index (κ1) is 17.2. The van der Waals surface area contributed by atoms with E-state index < -0.39 is 10.0 Å². The molecule has 1 fully saturated rings. The fourth-order valence-corrected chi connectivity index (χ4v) is 4.13. The number of sulfonamides is 1. The molecule has 24 heavy (non-hydrogen) atoms. The lowest BCUT2D eigenvalue weighted by atomic mass is 9.81. The van der Waals surface area contributed by atoms with Gasteiger partial charge in [-0.2, -0.15) is 8.75 Å². The number of benzene rings is 1. The Morgan fingerprint density at radius 1 is 1.25 bits per heavy atom. The molecule has 9 heteroatoms. The lowest BCUT2D eigenvalue weighted by Crippen LogP contribution is -2.33. The van der Waals surface area contributed by atoms with Gasteiger partial charge in [-0.05, 0) is 43.7 Å². The first-order chi connectivity index (χ1) is 11.4. The van der Waals surface area contributed by atoms with Crippen molar-refractivity contribution < 1.29 is 13.2 Å². The predicted molar refractivity (Wildman–Crippen MR) is 94.3 cm³/mol. The predicted octanol–water partition coefficient (Wildman–Crippen LogP) is 1.99. The second kappa shape index (κ2) is 7.12. The van der Waals surface area contributed by atoms with Crippen molar-refractivity contribution in [2.75, 3.05) is 18.1 Å². The molecule has 0 aliphatic heterocycles. The second-order valence-electron chi connectivity index (χ2n) is 6.27. The van der Waals surface area contributed by atoms with E-state index in [1.165, 1.54) is 6.26 Å². The number of hydrogen-bond acceptors (Lipinski definition) is 6. The molecule has 1 heterocycles. The monoisotopic (exact) mass is 368 g/mol. The maximum absolute atomic E-state index is 12.5. The van der Waals surface area contributed by atoms with Crippen LogP contribution in [0.1, 0.15) is 25.7 Å². The van der Waals surface area contributed by atoms with Crippen LogP contribution in [-0.4, -0.2) is 35.9 Å². The van der Waals surface area contributed by atoms with E-state index in [9.17, 15) is 13.2 Å². The van der Waals surface area contributed by atoms with Crippen LogP contribution in [0.5, 0.6) is 0 Å². The number of carbonyl (C=O) groups is 1. The maximum atomic E-state index is 12.5. The fraction of sp³-hybridized carbons (Fsp3) is 0.533. The van der Waals surface area contributed by atoms with E-state index in [1.54, 1.807) is 0 Å². The molecule has 0 unspecified atom stereocenters. The molecule has 3 rings (SSSR count). The Kier molecular flexibility index (Phi) is 5.12. The van der Waals surface area contributed by atoms with Gasteiger partial charge in [0.05, 0.1) is 23.7 Å². The highest BCUT2D eigenvalue weighted by atomic mass is 32.2. The summed E-state index contributed by atoms with van der Waals surface area (Å²) in [5.74, 6) is 0.265. The molecule has 0 radical (unpaired) electrons. The topological polar surface area (TPSA) is 101 Å². The Hall–Kier alpha value is -1.58. The Labute approximate surface area is 145 Å². The van der Waals surface area contributed by atoms with Gasteiger partial charge in [0, 0.05) is 12.5 Å². The molecule has 130 valence electrons. The lowest BCUT2D eigenvalue weighted by Gasteiger charge is -2.27. The fourth-order valence-electron chi connectivity index (χ4n) is 3.04. The summed E-state index contributed by atoms with van der Waals surface area (Å²) >= 11 is 1.13. The number of nitrogens with zero attached hydrogens (tertiary/aromatic N) is 2. The van der Waals surface area contributed by atoms with E-state index in [-0.39, 0.29) is 11.8 Å². The molecule has 1 saturated carbocycles. The van der Waals surface area contributed by atoms with Crippen molar-refractivity contribution in [1.82, 2.24) is 13.5 Å². The van der Waals surface area contributed by atoms with Crippen LogP contribution in [0.4, 0.5) is 5.69 Å². The van der Waals surface area contributed by atoms with Crippen LogP contribution < -0.4 is 10.0 Å². The number of fused-ring (bicyclic) bond motifs is 1. The zero-order valence-electron chi connectivity index (χ0n) is 13.4. The van der Waals surface area contributed by atoms with Crippen molar-refractivity contribution in [3.05, 3.63) is 18.2 Å². The molecule has 1 aromatic heterocycles. The maximum Gasteiger partial charge on any atom is 0.227 e. The van der Waals surface area contributed by atoms with Crippen LogP contribution in [0, 0.1) is 11.8 Å². The van der Waals surface area contributed by atoms with Crippen LogP contribution in [-0.2, 0) is 14.8 Å². The largest absolute Gasteiger partial charge is 0.324 e. The minimum Gasteiger partial charge on any atom is -0.324 e. The van der Waals surface area contributed by atoms with Crippen molar-refractivity contribution in [2.24, 2.45) is 11.8 Å². The highest BCUT2D eigenvalue weighted by molar-refractivity contribution is 7.88. The molecule has 1 aromatic carbocycles. The molecule has 1 aliphatic rings. The van der Waals surface area contributed by atoms with E-state index in [4.69, 9.17) is 0 Å². The molecule has 2 N–H and O–H groups in total. The van der Waals surface area contributed by atoms with Crippen LogP contribution >= 0.6 is 11.7 Å². The smallest absolute Gasteiger partial charge is 0.227 e. The quantitative estimate of drug-likeness (QED) is 0.840. The Morgan fingerprint density at radius 2 is 2.00 bits per heavy atom. The number of nitrogens with one attached hydrogen (secondary N) is 2. The highest BCUT2D eigenvalue weighted by Crippen LogP contribution is 2.30. The van der Waals surface area contributed by atoms with Crippen LogP contribution in [0.3, 0.4) is 0 Å². The summed E-state index contributed by atoms with van der Waals surface area (Å²) in [4.78, 5) is 12.5. The number of rotatable bonds is 5. The zero-order chi connectivity index (χ0) is 17.2. The summed E-state index contributed by atoms with van der Waals surface area (Å²) < 4.78 is 33.2. The number of carbonyl (C=O) groups excluding carboxylic acids is 1. The third kappa shape index (κ3) is 4.28. The Bertz CT molecular complexity index is 826. The molecule has 1 amide bonds. The molecule has 2 aromatic rings. The van der Waals surface area contributed by atoms with E-state index in [2.05, 4.69) is 18.8 Å².